The van der Waals surface area contributed by atoms with Crippen molar-refractivity contribution in [2.24, 2.45) is 51.0 Å². The normalized spacial score (nSPS) is 44.5. The second-order valence-electron chi connectivity index (χ2n) is 13.4. The Labute approximate surface area is 289 Å². The number of hydrogen-bond donors (Lipinski definition) is 13. The van der Waals surface area contributed by atoms with Crippen LogP contribution in [0.15, 0.2) is 4.99 Å². The molecule has 0 aromatic rings. The lowest BCUT2D eigenvalue weighted by molar-refractivity contribution is -0.292. The van der Waals surface area contributed by atoms with Crippen LogP contribution >= 0.6 is 0 Å². The van der Waals surface area contributed by atoms with Crippen molar-refractivity contribution in [3.63, 3.8) is 0 Å². The summed E-state index contributed by atoms with van der Waals surface area (Å²) in [4.78, 5) is 16.7. The van der Waals surface area contributed by atoms with Gasteiger partial charge in [0, 0.05) is 38.5 Å². The number of carbonyl (C=O) groups excluding carboxylic acids is 1. The second-order valence-corrected chi connectivity index (χ2v) is 13.4. The van der Waals surface area contributed by atoms with E-state index < -0.39 is 116 Å². The molecule has 3 aliphatic heterocycles. The number of ether oxygens (including phenoxy) is 6. The highest BCUT2D eigenvalue weighted by Gasteiger charge is 2.54. The summed E-state index contributed by atoms with van der Waals surface area (Å²) in [6.07, 6.45) is -16.9. The Hall–Kier alpha value is -1.74. The third-order valence-electron chi connectivity index (χ3n) is 9.76. The van der Waals surface area contributed by atoms with Gasteiger partial charge < -0.3 is 99.2 Å². The van der Waals surface area contributed by atoms with Crippen molar-refractivity contribution in [2.75, 3.05) is 26.2 Å². The standard InChI is InChI=1S/C29H56N8O13/c30-7-11-1-2-12(32)26(45-11)48-23-13(33)5-10(6-15(40)14(39)3-4-37-29(35)36)19(41)25(23)50-28-22(44)24(17(9-38)47-28)49-27-18(34)21(43)20(42)16(8-31)46-27/h10-14,16-28,38-39,41-44H,1-9,30-34H2,(H4,35,36,37)/t10-,11-,12+,13-,14-,16-,17+,18+,19-,20+,21+,22+,23+,24+,25+,26+,27+,28-/m0/s1. The number of rotatable bonds is 15. The predicted octanol–water partition coefficient (Wildman–Crippen LogP) is -7.56. The molecule has 0 spiro atoms. The monoisotopic (exact) mass is 724 g/mol. The molecule has 0 radical (unpaired) electrons. The van der Waals surface area contributed by atoms with Crippen molar-refractivity contribution in [1.29, 1.82) is 0 Å². The molecule has 0 aromatic heterocycles. The number of aliphatic hydroxyl groups excluding tert-OH is 6. The minimum Gasteiger partial charge on any atom is -0.394 e. The number of ketones is 1. The fraction of sp³-hybridized carbons (Fsp3) is 0.931. The average Bonchev–Trinajstić information content (AvgIpc) is 3.38. The van der Waals surface area contributed by atoms with Gasteiger partial charge in [-0.05, 0) is 25.2 Å². The van der Waals surface area contributed by atoms with Gasteiger partial charge in [-0.2, -0.15) is 0 Å². The Balaban J connectivity index is 1.53. The smallest absolute Gasteiger partial charge is 0.187 e. The Bertz CT molecular complexity index is 1110. The van der Waals surface area contributed by atoms with Crippen LogP contribution in [0.5, 0.6) is 0 Å². The zero-order valence-electron chi connectivity index (χ0n) is 27.8. The van der Waals surface area contributed by atoms with E-state index in [1.807, 2.05) is 0 Å². The molecule has 20 N–H and O–H groups in total. The van der Waals surface area contributed by atoms with Gasteiger partial charge in [-0.15, -0.1) is 0 Å². The summed E-state index contributed by atoms with van der Waals surface area (Å²) in [6.45, 7) is -0.626. The minimum atomic E-state index is -1.64. The van der Waals surface area contributed by atoms with Crippen LogP contribution in [0, 0.1) is 5.92 Å². The van der Waals surface area contributed by atoms with Crippen LogP contribution in [-0.2, 0) is 33.2 Å². The Morgan fingerprint density at radius 2 is 1.44 bits per heavy atom. The van der Waals surface area contributed by atoms with Crippen molar-refractivity contribution in [3.05, 3.63) is 0 Å². The van der Waals surface area contributed by atoms with E-state index >= 15 is 0 Å². The number of nitrogens with zero attached hydrogens (tertiary/aromatic N) is 1. The van der Waals surface area contributed by atoms with E-state index in [4.69, 9.17) is 68.6 Å². The molecule has 0 bridgehead atoms. The van der Waals surface area contributed by atoms with Crippen LogP contribution in [0.2, 0.25) is 0 Å². The Morgan fingerprint density at radius 3 is 2.08 bits per heavy atom. The van der Waals surface area contributed by atoms with Crippen LogP contribution < -0.4 is 40.1 Å². The number of Topliss-reactive ketones (excluding diaryl/α,β-unsaturated/α-hetero) is 1. The molecule has 50 heavy (non-hydrogen) atoms. The molecule has 4 rings (SSSR count). The maximum absolute atomic E-state index is 13.0. The van der Waals surface area contributed by atoms with E-state index in [0.29, 0.717) is 12.8 Å². The first-order valence-electron chi connectivity index (χ1n) is 16.9. The number of aliphatic imine (C=N–C) groups is 1. The van der Waals surface area contributed by atoms with Gasteiger partial charge >= 0.3 is 0 Å². The van der Waals surface area contributed by atoms with Crippen molar-refractivity contribution in [3.8, 4) is 0 Å². The first kappa shape index (κ1) is 41.0. The van der Waals surface area contributed by atoms with Crippen molar-refractivity contribution in [1.82, 2.24) is 0 Å². The Morgan fingerprint density at radius 1 is 0.780 bits per heavy atom. The maximum Gasteiger partial charge on any atom is 0.187 e. The van der Waals surface area contributed by atoms with E-state index in [-0.39, 0.29) is 51.0 Å². The van der Waals surface area contributed by atoms with Crippen LogP contribution in [0.3, 0.4) is 0 Å². The molecule has 4 aliphatic rings. The number of carbonyl (C=O) groups is 1. The first-order valence-corrected chi connectivity index (χ1v) is 16.9. The summed E-state index contributed by atoms with van der Waals surface area (Å²) in [5.41, 5.74) is 41.0. The molecule has 1 aliphatic carbocycles. The van der Waals surface area contributed by atoms with E-state index in [1.165, 1.54) is 0 Å². The Kier molecular flexibility index (Phi) is 15.0. The number of nitrogens with two attached hydrogens (primary N) is 7. The summed E-state index contributed by atoms with van der Waals surface area (Å²) < 4.78 is 35.7. The molecular formula is C29H56N8O13. The molecule has 3 heterocycles. The predicted molar refractivity (Wildman–Crippen MR) is 172 cm³/mol. The molecule has 3 saturated heterocycles. The zero-order chi connectivity index (χ0) is 36.9. The third kappa shape index (κ3) is 9.62. The highest BCUT2D eigenvalue weighted by Crippen LogP contribution is 2.37. The molecule has 18 atom stereocenters. The molecule has 4 fully saturated rings. The summed E-state index contributed by atoms with van der Waals surface area (Å²) in [5.74, 6) is -1.63. The molecule has 1 saturated carbocycles. The molecule has 0 unspecified atom stereocenters. The van der Waals surface area contributed by atoms with Crippen LogP contribution in [0.4, 0.5) is 0 Å². The van der Waals surface area contributed by atoms with Crippen LogP contribution in [-0.4, -0.2) is 173 Å². The molecule has 21 heteroatoms. The zero-order valence-corrected chi connectivity index (χ0v) is 27.8. The molecule has 0 aromatic carbocycles. The third-order valence-corrected chi connectivity index (χ3v) is 9.76. The number of guanidine groups is 1. The lowest BCUT2D eigenvalue weighted by Crippen LogP contribution is -2.64. The lowest BCUT2D eigenvalue weighted by atomic mass is 9.76. The summed E-state index contributed by atoms with van der Waals surface area (Å²) in [7, 11) is 0. The molecular weight excluding hydrogens is 668 g/mol. The number of aliphatic hydroxyl groups is 6. The fourth-order valence-electron chi connectivity index (χ4n) is 6.79. The van der Waals surface area contributed by atoms with Crippen LogP contribution in [0.1, 0.15) is 32.1 Å². The lowest BCUT2D eigenvalue weighted by Gasteiger charge is -2.46. The van der Waals surface area contributed by atoms with E-state index in [9.17, 15) is 35.4 Å². The highest BCUT2D eigenvalue weighted by molar-refractivity contribution is 5.83. The summed E-state index contributed by atoms with van der Waals surface area (Å²) >= 11 is 0. The quantitative estimate of drug-likeness (QED) is 0.0551. The van der Waals surface area contributed by atoms with Crippen molar-refractivity contribution < 1.29 is 63.9 Å². The first-order chi connectivity index (χ1) is 23.7. The highest BCUT2D eigenvalue weighted by atomic mass is 16.8. The SMILES string of the molecule is NC[C@@H]1CC[C@@H](N)[C@@H](O[C@H]2[C@H](O[C@@H]3O[C@H](CO)[C@@H](O[C@H]4O[C@@H](CN)[C@@H](O)[C@H](O)[C@H]4N)[C@H]3O)[C@@H](O)[C@H](CC(=O)[C@@H](O)CCN=C(N)N)C[C@@H]2N)O1. The molecule has 21 nitrogen and oxygen atoms in total. The van der Waals surface area contributed by atoms with Crippen molar-refractivity contribution in [2.45, 2.75) is 136 Å². The van der Waals surface area contributed by atoms with E-state index in [2.05, 4.69) is 4.99 Å². The molecule has 0 amide bonds. The van der Waals surface area contributed by atoms with Gasteiger partial charge in [-0.3, -0.25) is 9.79 Å². The molecule has 290 valence electrons. The largest absolute Gasteiger partial charge is 0.394 e. The van der Waals surface area contributed by atoms with Crippen LogP contribution in [0.25, 0.3) is 0 Å². The van der Waals surface area contributed by atoms with E-state index in [1.54, 1.807) is 0 Å². The average molecular weight is 725 g/mol. The van der Waals surface area contributed by atoms with Gasteiger partial charge in [-0.1, -0.05) is 0 Å². The maximum atomic E-state index is 13.0. The summed E-state index contributed by atoms with van der Waals surface area (Å²) in [5, 5.41) is 64.2. The minimum absolute atomic E-state index is 0.00442. The fourth-order valence-corrected chi connectivity index (χ4v) is 6.79. The van der Waals surface area contributed by atoms with Gasteiger partial charge in [0.2, 0.25) is 0 Å². The van der Waals surface area contributed by atoms with Gasteiger partial charge in [0.15, 0.2) is 30.6 Å². The summed E-state index contributed by atoms with van der Waals surface area (Å²) in [6, 6.07) is -2.71. The topological polar surface area (TPSA) is 388 Å². The van der Waals surface area contributed by atoms with Crippen molar-refractivity contribution >= 4 is 11.7 Å². The second kappa shape index (κ2) is 18.3. The van der Waals surface area contributed by atoms with Gasteiger partial charge in [0.1, 0.15) is 54.9 Å². The van der Waals surface area contributed by atoms with Gasteiger partial charge in [-0.25, -0.2) is 0 Å². The van der Waals surface area contributed by atoms with E-state index in [0.717, 1.165) is 0 Å². The van der Waals surface area contributed by atoms with Gasteiger partial charge in [0.05, 0.1) is 30.9 Å². The number of hydrogen-bond acceptors (Lipinski definition) is 19. The van der Waals surface area contributed by atoms with Gasteiger partial charge in [0.25, 0.3) is 0 Å².